The third-order valence-electron chi connectivity index (χ3n) is 3.65. The van der Waals surface area contributed by atoms with Gasteiger partial charge in [-0.1, -0.05) is 23.3 Å². The van der Waals surface area contributed by atoms with E-state index in [0.29, 0.717) is 6.04 Å². The van der Waals surface area contributed by atoms with Crippen molar-refractivity contribution >= 4 is 0 Å². The maximum absolute atomic E-state index is 2.45. The molecular formula is C13H23N. The fraction of sp³-hybridized carbons (Fsp3) is 0.692. The second-order valence-corrected chi connectivity index (χ2v) is 4.50. The molecule has 2 atom stereocenters. The van der Waals surface area contributed by atoms with Crippen LogP contribution in [0, 0.1) is 5.92 Å². The number of rotatable bonds is 2. The Hall–Kier alpha value is -0.560. The molecule has 0 bridgehead atoms. The second kappa shape index (κ2) is 4.79. The van der Waals surface area contributed by atoms with Crippen LogP contribution in [-0.4, -0.2) is 24.5 Å². The maximum Gasteiger partial charge on any atom is 0.0127 e. The van der Waals surface area contributed by atoms with Gasteiger partial charge < -0.3 is 4.90 Å². The zero-order valence-corrected chi connectivity index (χ0v) is 10.2. The zero-order chi connectivity index (χ0) is 10.7. The first-order valence-electron chi connectivity index (χ1n) is 5.58. The van der Waals surface area contributed by atoms with Crippen molar-refractivity contribution in [3.05, 3.63) is 23.3 Å². The van der Waals surface area contributed by atoms with Crippen LogP contribution >= 0.6 is 0 Å². The summed E-state index contributed by atoms with van der Waals surface area (Å²) in [6.07, 6.45) is 5.95. The molecule has 80 valence electrons. The lowest BCUT2D eigenvalue weighted by Crippen LogP contribution is -2.25. The highest BCUT2D eigenvalue weighted by Gasteiger charge is 2.25. The number of likely N-dealkylation sites (tertiary alicyclic amines) is 1. The van der Waals surface area contributed by atoms with Crippen molar-refractivity contribution in [2.75, 3.05) is 13.6 Å². The summed E-state index contributed by atoms with van der Waals surface area (Å²) >= 11 is 0. The third-order valence-corrected chi connectivity index (χ3v) is 3.65. The summed E-state index contributed by atoms with van der Waals surface area (Å²) in [6, 6.07) is 0.703. The molecule has 1 aliphatic rings. The van der Waals surface area contributed by atoms with Gasteiger partial charge in [0.1, 0.15) is 0 Å². The fourth-order valence-corrected chi connectivity index (χ4v) is 2.03. The average molecular weight is 193 g/mol. The van der Waals surface area contributed by atoms with Crippen molar-refractivity contribution in [1.29, 1.82) is 0 Å². The molecule has 0 saturated carbocycles. The van der Waals surface area contributed by atoms with Gasteiger partial charge in [0.05, 0.1) is 0 Å². The highest BCUT2D eigenvalue weighted by molar-refractivity contribution is 5.27. The Balaban J connectivity index is 2.68. The molecule has 0 spiro atoms. The van der Waals surface area contributed by atoms with Crippen LogP contribution < -0.4 is 0 Å². The lowest BCUT2D eigenvalue weighted by atomic mass is 9.96. The molecule has 1 saturated heterocycles. The molecule has 1 heteroatoms. The van der Waals surface area contributed by atoms with Gasteiger partial charge in [-0.25, -0.2) is 0 Å². The third kappa shape index (κ3) is 2.48. The van der Waals surface area contributed by atoms with E-state index in [1.165, 1.54) is 24.1 Å². The van der Waals surface area contributed by atoms with Gasteiger partial charge in [0.15, 0.2) is 0 Å². The first kappa shape index (κ1) is 11.5. The molecule has 1 rings (SSSR count). The Kier molecular flexibility index (Phi) is 3.94. The predicted octanol–water partition coefficient (Wildman–Crippen LogP) is 3.24. The quantitative estimate of drug-likeness (QED) is 0.609. The normalized spacial score (nSPS) is 31.2. The van der Waals surface area contributed by atoms with Gasteiger partial charge in [0.25, 0.3) is 0 Å². The van der Waals surface area contributed by atoms with Gasteiger partial charge in [-0.3, -0.25) is 0 Å². The van der Waals surface area contributed by atoms with Crippen molar-refractivity contribution in [3.63, 3.8) is 0 Å². The Labute approximate surface area is 88.5 Å². The SMILES string of the molecule is CC=C(C)C(C)=CC1CCN(C)C1C. The van der Waals surface area contributed by atoms with Gasteiger partial charge in [0.2, 0.25) is 0 Å². The summed E-state index contributed by atoms with van der Waals surface area (Å²) in [5, 5.41) is 0. The van der Waals surface area contributed by atoms with E-state index in [1.54, 1.807) is 0 Å². The standard InChI is InChI=1S/C13H23N/c1-6-10(2)11(3)9-13-7-8-14(5)12(13)4/h6,9,12-13H,7-8H2,1-5H3. The van der Waals surface area contributed by atoms with Gasteiger partial charge in [-0.15, -0.1) is 0 Å². The van der Waals surface area contributed by atoms with Crippen molar-refractivity contribution in [2.24, 2.45) is 5.92 Å². The summed E-state index contributed by atoms with van der Waals surface area (Å²) in [6.45, 7) is 10.1. The topological polar surface area (TPSA) is 3.24 Å². The van der Waals surface area contributed by atoms with Crippen molar-refractivity contribution in [3.8, 4) is 0 Å². The van der Waals surface area contributed by atoms with Crippen molar-refractivity contribution in [2.45, 2.75) is 40.2 Å². The van der Waals surface area contributed by atoms with E-state index in [1.807, 2.05) is 0 Å². The van der Waals surface area contributed by atoms with Crippen molar-refractivity contribution in [1.82, 2.24) is 4.90 Å². The minimum atomic E-state index is 0.703. The molecule has 2 unspecified atom stereocenters. The molecule has 0 N–H and O–H groups in total. The molecule has 0 aromatic rings. The number of nitrogens with zero attached hydrogens (tertiary/aromatic N) is 1. The van der Waals surface area contributed by atoms with Crippen LogP contribution in [0.2, 0.25) is 0 Å². The Morgan fingerprint density at radius 1 is 1.29 bits per heavy atom. The smallest absolute Gasteiger partial charge is 0.0127 e. The molecule has 0 amide bonds. The average Bonchev–Trinajstić information content (AvgIpc) is 2.48. The van der Waals surface area contributed by atoms with Crippen LogP contribution in [0.15, 0.2) is 23.3 Å². The second-order valence-electron chi connectivity index (χ2n) is 4.50. The minimum Gasteiger partial charge on any atom is -0.303 e. The van der Waals surface area contributed by atoms with E-state index in [2.05, 4.69) is 51.8 Å². The van der Waals surface area contributed by atoms with Crippen LogP contribution in [-0.2, 0) is 0 Å². The molecular weight excluding hydrogens is 170 g/mol. The van der Waals surface area contributed by atoms with E-state index >= 15 is 0 Å². The molecule has 0 aromatic carbocycles. The fourth-order valence-electron chi connectivity index (χ4n) is 2.03. The summed E-state index contributed by atoms with van der Waals surface area (Å²) in [7, 11) is 2.22. The van der Waals surface area contributed by atoms with Gasteiger partial charge in [-0.2, -0.15) is 0 Å². The highest BCUT2D eigenvalue weighted by atomic mass is 15.1. The Morgan fingerprint density at radius 3 is 2.36 bits per heavy atom. The van der Waals surface area contributed by atoms with E-state index < -0.39 is 0 Å². The highest BCUT2D eigenvalue weighted by Crippen LogP contribution is 2.25. The monoisotopic (exact) mass is 193 g/mol. The van der Waals surface area contributed by atoms with Crippen LogP contribution in [0.4, 0.5) is 0 Å². The zero-order valence-electron chi connectivity index (χ0n) is 10.2. The number of hydrogen-bond acceptors (Lipinski definition) is 1. The van der Waals surface area contributed by atoms with Crippen LogP contribution in [0.3, 0.4) is 0 Å². The van der Waals surface area contributed by atoms with Crippen LogP contribution in [0.25, 0.3) is 0 Å². The van der Waals surface area contributed by atoms with E-state index in [9.17, 15) is 0 Å². The Morgan fingerprint density at radius 2 is 1.93 bits per heavy atom. The van der Waals surface area contributed by atoms with Gasteiger partial charge in [-0.05, 0) is 53.6 Å². The molecule has 14 heavy (non-hydrogen) atoms. The predicted molar refractivity (Wildman–Crippen MR) is 63.4 cm³/mol. The molecule has 1 fully saturated rings. The maximum atomic E-state index is 2.45. The van der Waals surface area contributed by atoms with Gasteiger partial charge in [0, 0.05) is 6.04 Å². The first-order valence-corrected chi connectivity index (χ1v) is 5.58. The van der Waals surface area contributed by atoms with E-state index in [4.69, 9.17) is 0 Å². The molecule has 1 aliphatic heterocycles. The van der Waals surface area contributed by atoms with Crippen LogP contribution in [0.5, 0.6) is 0 Å². The lowest BCUT2D eigenvalue weighted by molar-refractivity contribution is 0.310. The largest absolute Gasteiger partial charge is 0.303 e. The Bertz CT molecular complexity index is 250. The van der Waals surface area contributed by atoms with Gasteiger partial charge >= 0.3 is 0 Å². The van der Waals surface area contributed by atoms with E-state index in [0.717, 1.165) is 5.92 Å². The number of allylic oxidation sites excluding steroid dienone is 3. The summed E-state index contributed by atoms with van der Waals surface area (Å²) in [5.41, 5.74) is 2.85. The summed E-state index contributed by atoms with van der Waals surface area (Å²) < 4.78 is 0. The lowest BCUT2D eigenvalue weighted by Gasteiger charge is -2.18. The molecule has 0 radical (unpaired) electrons. The summed E-state index contributed by atoms with van der Waals surface area (Å²) in [4.78, 5) is 2.44. The van der Waals surface area contributed by atoms with Crippen molar-refractivity contribution < 1.29 is 0 Å². The van der Waals surface area contributed by atoms with E-state index in [-0.39, 0.29) is 0 Å². The molecule has 1 heterocycles. The van der Waals surface area contributed by atoms with Crippen LogP contribution in [0.1, 0.15) is 34.1 Å². The number of hydrogen-bond donors (Lipinski definition) is 0. The molecule has 0 aliphatic carbocycles. The summed E-state index contributed by atoms with van der Waals surface area (Å²) in [5.74, 6) is 0.745. The first-order chi connectivity index (χ1) is 6.56. The minimum absolute atomic E-state index is 0.703. The molecule has 1 nitrogen and oxygen atoms in total. The molecule has 0 aromatic heterocycles.